The van der Waals surface area contributed by atoms with Gasteiger partial charge in [-0.2, -0.15) is 0 Å². The summed E-state index contributed by atoms with van der Waals surface area (Å²) in [6.07, 6.45) is 0.916. The second-order valence-corrected chi connectivity index (χ2v) is 6.47. The first-order valence-electron chi connectivity index (χ1n) is 9.48. The number of ether oxygens (including phenoxy) is 1. The minimum Gasteiger partial charge on any atom is -0.484 e. The number of aryl methyl sites for hydroxylation is 1. The number of rotatable bonds is 9. The number of nitrogens with one attached hydrogen (secondary N) is 1. The zero-order valence-corrected chi connectivity index (χ0v) is 16.6. The lowest BCUT2D eigenvalue weighted by Gasteiger charge is -2.28. The fourth-order valence-electron chi connectivity index (χ4n) is 2.76. The number of halogens is 1. The monoisotopic (exact) mass is 386 g/mol. The minimum absolute atomic E-state index is 0.0120. The Hall–Kier alpha value is -2.89. The lowest BCUT2D eigenvalue weighted by atomic mass is 10.1. The molecule has 0 bridgehead atoms. The van der Waals surface area contributed by atoms with E-state index in [2.05, 4.69) is 12.2 Å². The molecule has 28 heavy (non-hydrogen) atoms. The van der Waals surface area contributed by atoms with Crippen LogP contribution in [0.25, 0.3) is 0 Å². The summed E-state index contributed by atoms with van der Waals surface area (Å²) in [5, 5.41) is 2.70. The number of hydrogen-bond donors (Lipinski definition) is 1. The number of carbonyl (C=O) groups excluding carboxylic acids is 2. The Morgan fingerprint density at radius 2 is 1.79 bits per heavy atom. The number of hydrogen-bond acceptors (Lipinski definition) is 3. The number of amides is 2. The van der Waals surface area contributed by atoms with Crippen LogP contribution in [0, 0.1) is 5.82 Å². The molecule has 6 heteroatoms. The summed E-state index contributed by atoms with van der Waals surface area (Å²) >= 11 is 0. The van der Waals surface area contributed by atoms with Crippen molar-refractivity contribution in [3.8, 4) is 5.75 Å². The molecule has 2 rings (SSSR count). The second kappa shape index (κ2) is 10.4. The number of nitrogens with zero attached hydrogens (tertiary/aromatic N) is 1. The Bertz CT molecular complexity index is 793. The summed E-state index contributed by atoms with van der Waals surface area (Å²) in [7, 11) is 0. The largest absolute Gasteiger partial charge is 0.484 e. The van der Waals surface area contributed by atoms with Crippen molar-refractivity contribution in [2.45, 2.75) is 39.8 Å². The van der Waals surface area contributed by atoms with Crippen molar-refractivity contribution in [3.63, 3.8) is 0 Å². The van der Waals surface area contributed by atoms with E-state index >= 15 is 0 Å². The molecule has 1 atom stereocenters. The first-order chi connectivity index (χ1) is 13.5. The molecule has 1 N–H and O–H groups in total. The molecule has 5 nitrogen and oxygen atoms in total. The van der Waals surface area contributed by atoms with Crippen LogP contribution in [0.15, 0.2) is 48.5 Å². The molecule has 2 aromatic carbocycles. The molecule has 0 saturated carbocycles. The van der Waals surface area contributed by atoms with Crippen molar-refractivity contribution in [3.05, 3.63) is 65.5 Å². The zero-order chi connectivity index (χ0) is 20.5. The summed E-state index contributed by atoms with van der Waals surface area (Å²) in [6.45, 7) is 5.69. The third-order valence-corrected chi connectivity index (χ3v) is 4.51. The van der Waals surface area contributed by atoms with Gasteiger partial charge >= 0.3 is 0 Å². The molecule has 0 spiro atoms. The zero-order valence-electron chi connectivity index (χ0n) is 16.6. The van der Waals surface area contributed by atoms with E-state index in [-0.39, 0.29) is 25.0 Å². The Morgan fingerprint density at radius 1 is 1.11 bits per heavy atom. The molecule has 150 valence electrons. The van der Waals surface area contributed by atoms with Gasteiger partial charge in [0.1, 0.15) is 17.6 Å². The fraction of sp³-hybridized carbons (Fsp3) is 0.364. The van der Waals surface area contributed by atoms with Crippen molar-refractivity contribution in [1.29, 1.82) is 0 Å². The van der Waals surface area contributed by atoms with Crippen LogP contribution in [-0.4, -0.2) is 35.9 Å². The summed E-state index contributed by atoms with van der Waals surface area (Å²) in [6, 6.07) is 13.0. The van der Waals surface area contributed by atoms with Crippen LogP contribution in [-0.2, 0) is 22.6 Å². The molecular weight excluding hydrogens is 359 g/mol. The molecule has 2 aromatic rings. The van der Waals surface area contributed by atoms with Crippen LogP contribution in [0.2, 0.25) is 0 Å². The van der Waals surface area contributed by atoms with Crippen LogP contribution < -0.4 is 10.1 Å². The molecule has 0 aromatic heterocycles. The molecular formula is C22H27FN2O3. The van der Waals surface area contributed by atoms with Crippen molar-refractivity contribution >= 4 is 11.8 Å². The predicted molar refractivity (Wildman–Crippen MR) is 106 cm³/mol. The standard InChI is InChI=1S/C22H27FN2O3/c1-4-17-10-12-19(13-11-17)28-15-21(26)25(16(3)22(27)24-5-2)14-18-8-6-7-9-20(18)23/h6-13,16H,4-5,14-15H2,1-3H3,(H,24,27)/t16-/m0/s1. The maximum atomic E-state index is 14.1. The first kappa shape index (κ1) is 21.4. The van der Waals surface area contributed by atoms with E-state index < -0.39 is 11.9 Å². The van der Waals surface area contributed by atoms with Gasteiger partial charge in [-0.05, 0) is 44.0 Å². The van der Waals surface area contributed by atoms with Gasteiger partial charge in [0.15, 0.2) is 6.61 Å². The maximum Gasteiger partial charge on any atom is 0.261 e. The van der Waals surface area contributed by atoms with Crippen LogP contribution in [0.5, 0.6) is 5.75 Å². The fourth-order valence-corrected chi connectivity index (χ4v) is 2.76. The SMILES string of the molecule is CCNC(=O)[C@H](C)N(Cc1ccccc1F)C(=O)COc1ccc(CC)cc1. The maximum absolute atomic E-state index is 14.1. The van der Waals surface area contributed by atoms with E-state index in [0.29, 0.717) is 17.9 Å². The van der Waals surface area contributed by atoms with E-state index in [4.69, 9.17) is 4.74 Å². The van der Waals surface area contributed by atoms with Gasteiger partial charge in [-0.3, -0.25) is 9.59 Å². The van der Waals surface area contributed by atoms with E-state index in [9.17, 15) is 14.0 Å². The van der Waals surface area contributed by atoms with Crippen molar-refractivity contribution in [2.75, 3.05) is 13.2 Å². The molecule has 0 saturated heterocycles. The molecule has 0 unspecified atom stereocenters. The Labute approximate surface area is 165 Å². The highest BCUT2D eigenvalue weighted by Gasteiger charge is 2.26. The second-order valence-electron chi connectivity index (χ2n) is 6.47. The van der Waals surface area contributed by atoms with Gasteiger partial charge < -0.3 is 15.0 Å². The third-order valence-electron chi connectivity index (χ3n) is 4.51. The van der Waals surface area contributed by atoms with Crippen molar-refractivity contribution in [1.82, 2.24) is 10.2 Å². The first-order valence-corrected chi connectivity index (χ1v) is 9.48. The van der Waals surface area contributed by atoms with Gasteiger partial charge in [0.2, 0.25) is 5.91 Å². The lowest BCUT2D eigenvalue weighted by molar-refractivity contribution is -0.142. The van der Waals surface area contributed by atoms with E-state index in [1.165, 1.54) is 16.5 Å². The third kappa shape index (κ3) is 5.81. The number of likely N-dealkylation sites (N-methyl/N-ethyl adjacent to an activating group) is 1. The number of benzene rings is 2. The topological polar surface area (TPSA) is 58.6 Å². The highest BCUT2D eigenvalue weighted by atomic mass is 19.1. The molecule has 0 aliphatic rings. The summed E-state index contributed by atoms with van der Waals surface area (Å²) in [4.78, 5) is 26.4. The molecule has 0 fully saturated rings. The molecule has 0 aliphatic carbocycles. The van der Waals surface area contributed by atoms with E-state index in [1.54, 1.807) is 44.2 Å². The van der Waals surface area contributed by atoms with E-state index in [1.807, 2.05) is 12.1 Å². The van der Waals surface area contributed by atoms with E-state index in [0.717, 1.165) is 6.42 Å². The summed E-state index contributed by atoms with van der Waals surface area (Å²) in [5.74, 6) is -0.525. The Balaban J connectivity index is 2.12. The van der Waals surface area contributed by atoms with Crippen molar-refractivity contribution < 1.29 is 18.7 Å². The molecule has 2 amide bonds. The van der Waals surface area contributed by atoms with Gasteiger partial charge in [0.05, 0.1) is 0 Å². The average molecular weight is 386 g/mol. The molecule has 0 aliphatic heterocycles. The van der Waals surface area contributed by atoms with Crippen LogP contribution in [0.4, 0.5) is 4.39 Å². The van der Waals surface area contributed by atoms with Crippen LogP contribution in [0.3, 0.4) is 0 Å². The highest BCUT2D eigenvalue weighted by molar-refractivity contribution is 5.87. The van der Waals surface area contributed by atoms with Crippen LogP contribution >= 0.6 is 0 Å². The number of carbonyl (C=O) groups is 2. The van der Waals surface area contributed by atoms with Gasteiger partial charge in [0.25, 0.3) is 5.91 Å². The summed E-state index contributed by atoms with van der Waals surface area (Å²) < 4.78 is 19.7. The van der Waals surface area contributed by atoms with Crippen LogP contribution in [0.1, 0.15) is 31.9 Å². The lowest BCUT2D eigenvalue weighted by Crippen LogP contribution is -2.49. The Morgan fingerprint density at radius 3 is 2.39 bits per heavy atom. The van der Waals surface area contributed by atoms with Gasteiger partial charge in [-0.15, -0.1) is 0 Å². The normalized spacial score (nSPS) is 11.6. The quantitative estimate of drug-likeness (QED) is 0.719. The summed E-state index contributed by atoms with van der Waals surface area (Å²) in [5.41, 5.74) is 1.52. The van der Waals surface area contributed by atoms with Gasteiger partial charge in [0, 0.05) is 18.7 Å². The van der Waals surface area contributed by atoms with Gasteiger partial charge in [-0.25, -0.2) is 4.39 Å². The van der Waals surface area contributed by atoms with Crippen molar-refractivity contribution in [2.24, 2.45) is 0 Å². The highest BCUT2D eigenvalue weighted by Crippen LogP contribution is 2.15. The smallest absolute Gasteiger partial charge is 0.261 e. The molecule has 0 heterocycles. The predicted octanol–water partition coefficient (Wildman–Crippen LogP) is 3.32. The van der Waals surface area contributed by atoms with Gasteiger partial charge in [-0.1, -0.05) is 37.3 Å². The minimum atomic E-state index is -0.752. The average Bonchev–Trinajstić information content (AvgIpc) is 2.71. The molecule has 0 radical (unpaired) electrons. The Kier molecular flexibility index (Phi) is 7.99.